The number of urea groups is 1. The molecule has 0 spiro atoms. The molecule has 0 saturated heterocycles. The Morgan fingerprint density at radius 3 is 2.47 bits per heavy atom. The van der Waals surface area contributed by atoms with Crippen LogP contribution in [0, 0.1) is 5.92 Å². The van der Waals surface area contributed by atoms with E-state index in [-0.39, 0.29) is 18.0 Å². The molecule has 1 unspecified atom stereocenters. The number of amides is 2. The molecule has 1 atom stereocenters. The minimum absolute atomic E-state index is 0.0154. The fourth-order valence-corrected chi connectivity index (χ4v) is 1.69. The van der Waals surface area contributed by atoms with Crippen LogP contribution in [-0.4, -0.2) is 40.6 Å². The fraction of sp³-hybridized carbons (Fsp3) is 0.667. The summed E-state index contributed by atoms with van der Waals surface area (Å²) >= 11 is 0. The van der Waals surface area contributed by atoms with Crippen LogP contribution in [0.2, 0.25) is 0 Å². The third kappa shape index (κ3) is 3.76. The quantitative estimate of drug-likeness (QED) is 0.690. The number of aliphatic carboxylic acids is 1. The van der Waals surface area contributed by atoms with Crippen molar-refractivity contribution >= 4 is 12.0 Å². The van der Waals surface area contributed by atoms with E-state index in [9.17, 15) is 9.59 Å². The molecule has 0 aliphatic heterocycles. The first-order valence-electron chi connectivity index (χ1n) is 5.88. The standard InChI is InChI=1S/C12H20N2O3/c1-4-7-14(8(2)3)12(17)13-10(11(15)16)9-5-6-9/h4,8-10H,1,5-7H2,2-3H3,(H,13,17)(H,15,16). The van der Waals surface area contributed by atoms with Crippen LogP contribution in [0.3, 0.4) is 0 Å². The first kappa shape index (κ1) is 13.5. The molecule has 0 aromatic carbocycles. The van der Waals surface area contributed by atoms with Crippen LogP contribution in [0.5, 0.6) is 0 Å². The zero-order valence-electron chi connectivity index (χ0n) is 10.3. The molecule has 1 saturated carbocycles. The topological polar surface area (TPSA) is 69.6 Å². The van der Waals surface area contributed by atoms with Crippen LogP contribution in [-0.2, 0) is 4.79 Å². The van der Waals surface area contributed by atoms with Crippen molar-refractivity contribution < 1.29 is 14.7 Å². The lowest BCUT2D eigenvalue weighted by molar-refractivity contribution is -0.139. The van der Waals surface area contributed by atoms with Gasteiger partial charge in [0.15, 0.2) is 0 Å². The molecule has 0 aromatic heterocycles. The zero-order chi connectivity index (χ0) is 13.0. The van der Waals surface area contributed by atoms with Gasteiger partial charge < -0.3 is 15.3 Å². The van der Waals surface area contributed by atoms with Crippen LogP contribution in [0.4, 0.5) is 4.79 Å². The molecule has 5 nitrogen and oxygen atoms in total. The molecular formula is C12H20N2O3. The van der Waals surface area contributed by atoms with Gasteiger partial charge in [-0.1, -0.05) is 6.08 Å². The zero-order valence-corrected chi connectivity index (χ0v) is 10.3. The Bertz CT molecular complexity index is 311. The van der Waals surface area contributed by atoms with Crippen LogP contribution in [0.15, 0.2) is 12.7 Å². The van der Waals surface area contributed by atoms with E-state index < -0.39 is 12.0 Å². The number of hydrogen-bond donors (Lipinski definition) is 2. The van der Waals surface area contributed by atoms with E-state index in [1.54, 1.807) is 11.0 Å². The van der Waals surface area contributed by atoms with E-state index in [4.69, 9.17) is 5.11 Å². The van der Waals surface area contributed by atoms with Crippen LogP contribution in [0.25, 0.3) is 0 Å². The summed E-state index contributed by atoms with van der Waals surface area (Å²) in [5, 5.41) is 11.6. The van der Waals surface area contributed by atoms with Crippen molar-refractivity contribution in [1.29, 1.82) is 0 Å². The van der Waals surface area contributed by atoms with Crippen molar-refractivity contribution in [2.75, 3.05) is 6.54 Å². The highest BCUT2D eigenvalue weighted by Gasteiger charge is 2.38. The summed E-state index contributed by atoms with van der Waals surface area (Å²) in [7, 11) is 0. The smallest absolute Gasteiger partial charge is 0.326 e. The normalized spacial score (nSPS) is 16.4. The van der Waals surface area contributed by atoms with Gasteiger partial charge in [-0.15, -0.1) is 6.58 Å². The predicted octanol–water partition coefficient (Wildman–Crippen LogP) is 1.46. The highest BCUT2D eigenvalue weighted by atomic mass is 16.4. The van der Waals surface area contributed by atoms with E-state index in [0.29, 0.717) is 6.54 Å². The largest absolute Gasteiger partial charge is 0.480 e. The molecule has 1 fully saturated rings. The van der Waals surface area contributed by atoms with Crippen LogP contribution < -0.4 is 5.32 Å². The second-order valence-electron chi connectivity index (χ2n) is 4.64. The molecule has 1 aliphatic rings. The summed E-state index contributed by atoms with van der Waals surface area (Å²) in [6.45, 7) is 7.78. The highest BCUT2D eigenvalue weighted by molar-refractivity contribution is 5.83. The van der Waals surface area contributed by atoms with Gasteiger partial charge in [-0.05, 0) is 32.6 Å². The maximum Gasteiger partial charge on any atom is 0.326 e. The number of hydrogen-bond acceptors (Lipinski definition) is 2. The number of nitrogens with zero attached hydrogens (tertiary/aromatic N) is 1. The Morgan fingerprint density at radius 2 is 2.12 bits per heavy atom. The van der Waals surface area contributed by atoms with Gasteiger partial charge in [0.05, 0.1) is 0 Å². The highest BCUT2D eigenvalue weighted by Crippen LogP contribution is 2.32. The second kappa shape index (κ2) is 5.70. The van der Waals surface area contributed by atoms with Gasteiger partial charge in [0.1, 0.15) is 6.04 Å². The number of carboxylic acid groups (broad SMARTS) is 1. The van der Waals surface area contributed by atoms with Gasteiger partial charge in [-0.3, -0.25) is 0 Å². The minimum Gasteiger partial charge on any atom is -0.480 e. The number of nitrogens with one attached hydrogen (secondary N) is 1. The number of carboxylic acids is 1. The van der Waals surface area contributed by atoms with E-state index >= 15 is 0 Å². The van der Waals surface area contributed by atoms with Gasteiger partial charge in [-0.25, -0.2) is 9.59 Å². The fourth-order valence-electron chi connectivity index (χ4n) is 1.69. The molecule has 0 bridgehead atoms. The Labute approximate surface area is 101 Å². The Balaban J connectivity index is 2.60. The van der Waals surface area contributed by atoms with Gasteiger partial charge in [0.2, 0.25) is 0 Å². The number of carbonyl (C=O) groups is 2. The summed E-state index contributed by atoms with van der Waals surface area (Å²) in [6, 6.07) is -1.07. The van der Waals surface area contributed by atoms with Gasteiger partial charge >= 0.3 is 12.0 Å². The Kier molecular flexibility index (Phi) is 4.54. The maximum atomic E-state index is 11.9. The van der Waals surface area contributed by atoms with Crippen molar-refractivity contribution in [2.24, 2.45) is 5.92 Å². The van der Waals surface area contributed by atoms with Crippen molar-refractivity contribution in [1.82, 2.24) is 10.2 Å². The number of rotatable bonds is 6. The van der Waals surface area contributed by atoms with Gasteiger partial charge in [0, 0.05) is 12.6 Å². The summed E-state index contributed by atoms with van der Waals surface area (Å²) in [6.07, 6.45) is 3.38. The summed E-state index contributed by atoms with van der Waals surface area (Å²) in [4.78, 5) is 24.5. The first-order chi connectivity index (χ1) is 7.97. The van der Waals surface area contributed by atoms with Crippen LogP contribution in [0.1, 0.15) is 26.7 Å². The molecule has 0 heterocycles. The van der Waals surface area contributed by atoms with Gasteiger partial charge in [-0.2, -0.15) is 0 Å². The third-order valence-electron chi connectivity index (χ3n) is 2.85. The third-order valence-corrected chi connectivity index (χ3v) is 2.85. The maximum absolute atomic E-state index is 11.9. The van der Waals surface area contributed by atoms with Crippen molar-refractivity contribution in [3.8, 4) is 0 Å². The molecule has 5 heteroatoms. The number of carbonyl (C=O) groups excluding carboxylic acids is 1. The predicted molar refractivity (Wildman–Crippen MR) is 64.7 cm³/mol. The van der Waals surface area contributed by atoms with E-state index in [0.717, 1.165) is 12.8 Å². The lowest BCUT2D eigenvalue weighted by Gasteiger charge is -2.27. The monoisotopic (exact) mass is 240 g/mol. The first-order valence-corrected chi connectivity index (χ1v) is 5.88. The van der Waals surface area contributed by atoms with Crippen molar-refractivity contribution in [2.45, 2.75) is 38.8 Å². The Morgan fingerprint density at radius 1 is 1.53 bits per heavy atom. The molecule has 17 heavy (non-hydrogen) atoms. The lowest BCUT2D eigenvalue weighted by Crippen LogP contribution is -2.51. The average Bonchev–Trinajstić information content (AvgIpc) is 3.04. The molecule has 1 aliphatic carbocycles. The molecule has 0 aromatic rings. The van der Waals surface area contributed by atoms with Gasteiger partial charge in [0.25, 0.3) is 0 Å². The lowest BCUT2D eigenvalue weighted by atomic mass is 10.2. The molecule has 2 N–H and O–H groups in total. The summed E-state index contributed by atoms with van der Waals surface area (Å²) in [5.74, 6) is -0.864. The molecular weight excluding hydrogens is 220 g/mol. The van der Waals surface area contributed by atoms with E-state index in [1.807, 2.05) is 13.8 Å². The van der Waals surface area contributed by atoms with E-state index in [1.165, 1.54) is 0 Å². The molecule has 2 amide bonds. The molecule has 1 rings (SSSR count). The van der Waals surface area contributed by atoms with Crippen molar-refractivity contribution in [3.05, 3.63) is 12.7 Å². The second-order valence-corrected chi connectivity index (χ2v) is 4.64. The molecule has 96 valence electrons. The summed E-state index contributed by atoms with van der Waals surface area (Å²) < 4.78 is 0. The SMILES string of the molecule is C=CCN(C(=O)NC(C(=O)O)C1CC1)C(C)C. The van der Waals surface area contributed by atoms with E-state index in [2.05, 4.69) is 11.9 Å². The molecule has 0 radical (unpaired) electrons. The van der Waals surface area contributed by atoms with Crippen LogP contribution >= 0.6 is 0 Å². The summed E-state index contributed by atoms with van der Waals surface area (Å²) in [5.41, 5.74) is 0. The average molecular weight is 240 g/mol. The van der Waals surface area contributed by atoms with Crippen molar-refractivity contribution in [3.63, 3.8) is 0 Å². The Hall–Kier alpha value is -1.52. The minimum atomic E-state index is -0.955.